The maximum absolute atomic E-state index is 4.58. The lowest BCUT2D eigenvalue weighted by Crippen LogP contribution is -2.24. The maximum Gasteiger partial charge on any atom is 0.0739 e. The molecule has 0 atom stereocenters. The minimum atomic E-state index is 0.856. The molecule has 0 aliphatic heterocycles. The molecule has 2 heterocycles. The standard InChI is InChI=1S/C15H21BrN4/c1-5-20(9-13-8-6-7-11(2)17-13)10-14-15(16)12(3)18-19(14)4/h6-8H,5,9-10H2,1-4H3. The van der Waals surface area contributed by atoms with Gasteiger partial charge >= 0.3 is 0 Å². The summed E-state index contributed by atoms with van der Waals surface area (Å²) >= 11 is 3.63. The fourth-order valence-corrected chi connectivity index (χ4v) is 2.72. The van der Waals surface area contributed by atoms with Crippen molar-refractivity contribution in [1.82, 2.24) is 19.7 Å². The Morgan fingerprint density at radius 1 is 1.25 bits per heavy atom. The summed E-state index contributed by atoms with van der Waals surface area (Å²) in [5.41, 5.74) is 4.42. The van der Waals surface area contributed by atoms with Crippen LogP contribution in [0.4, 0.5) is 0 Å². The molecule has 0 amide bonds. The highest BCUT2D eigenvalue weighted by atomic mass is 79.9. The summed E-state index contributed by atoms with van der Waals surface area (Å²) in [6.45, 7) is 8.92. The average molecular weight is 337 g/mol. The van der Waals surface area contributed by atoms with Gasteiger partial charge in [-0.15, -0.1) is 0 Å². The van der Waals surface area contributed by atoms with Crippen molar-refractivity contribution in [2.75, 3.05) is 6.54 Å². The lowest BCUT2D eigenvalue weighted by molar-refractivity contribution is 0.260. The van der Waals surface area contributed by atoms with Gasteiger partial charge in [-0.1, -0.05) is 13.0 Å². The van der Waals surface area contributed by atoms with E-state index in [2.05, 4.69) is 50.0 Å². The van der Waals surface area contributed by atoms with E-state index in [1.807, 2.05) is 31.6 Å². The van der Waals surface area contributed by atoms with E-state index in [1.165, 1.54) is 5.69 Å². The molecule has 4 nitrogen and oxygen atoms in total. The number of aromatic nitrogens is 3. The summed E-state index contributed by atoms with van der Waals surface area (Å²) in [4.78, 5) is 6.94. The molecule has 2 aromatic rings. The topological polar surface area (TPSA) is 34.0 Å². The molecule has 0 unspecified atom stereocenters. The Labute approximate surface area is 128 Å². The zero-order valence-electron chi connectivity index (χ0n) is 12.5. The first-order valence-corrected chi connectivity index (χ1v) is 7.63. The van der Waals surface area contributed by atoms with Crippen molar-refractivity contribution < 1.29 is 0 Å². The van der Waals surface area contributed by atoms with Gasteiger partial charge in [0.05, 0.1) is 21.6 Å². The highest BCUT2D eigenvalue weighted by Gasteiger charge is 2.14. The zero-order chi connectivity index (χ0) is 14.7. The predicted octanol–water partition coefficient (Wildman–Crippen LogP) is 3.22. The van der Waals surface area contributed by atoms with Gasteiger partial charge in [-0.2, -0.15) is 5.10 Å². The van der Waals surface area contributed by atoms with E-state index in [4.69, 9.17) is 0 Å². The van der Waals surface area contributed by atoms with E-state index in [1.54, 1.807) is 0 Å². The normalized spacial score (nSPS) is 11.3. The first-order valence-electron chi connectivity index (χ1n) is 6.84. The molecule has 0 N–H and O–H groups in total. The molecule has 0 saturated heterocycles. The Morgan fingerprint density at radius 3 is 2.55 bits per heavy atom. The molecule has 0 radical (unpaired) electrons. The predicted molar refractivity (Wildman–Crippen MR) is 84.4 cm³/mol. The van der Waals surface area contributed by atoms with Crippen molar-refractivity contribution in [3.8, 4) is 0 Å². The first kappa shape index (κ1) is 15.2. The van der Waals surface area contributed by atoms with Gasteiger partial charge in [0.2, 0.25) is 0 Å². The van der Waals surface area contributed by atoms with Gasteiger partial charge in [-0.25, -0.2) is 0 Å². The number of pyridine rings is 1. The molecule has 108 valence electrons. The van der Waals surface area contributed by atoms with Gasteiger partial charge in [0.15, 0.2) is 0 Å². The van der Waals surface area contributed by atoms with Crippen molar-refractivity contribution >= 4 is 15.9 Å². The Morgan fingerprint density at radius 2 is 2.00 bits per heavy atom. The van der Waals surface area contributed by atoms with Crippen molar-refractivity contribution in [2.24, 2.45) is 7.05 Å². The monoisotopic (exact) mass is 336 g/mol. The van der Waals surface area contributed by atoms with E-state index >= 15 is 0 Å². The van der Waals surface area contributed by atoms with Gasteiger partial charge in [0, 0.05) is 25.8 Å². The number of rotatable bonds is 5. The van der Waals surface area contributed by atoms with E-state index < -0.39 is 0 Å². The Bertz CT molecular complexity index is 592. The smallest absolute Gasteiger partial charge is 0.0739 e. The average Bonchev–Trinajstić information content (AvgIpc) is 2.64. The van der Waals surface area contributed by atoms with Crippen LogP contribution in [0.1, 0.15) is 29.7 Å². The molecule has 0 aliphatic rings. The highest BCUT2D eigenvalue weighted by molar-refractivity contribution is 9.10. The van der Waals surface area contributed by atoms with Crippen molar-refractivity contribution in [3.63, 3.8) is 0 Å². The number of aryl methyl sites for hydroxylation is 3. The van der Waals surface area contributed by atoms with Gasteiger partial charge in [-0.3, -0.25) is 14.6 Å². The van der Waals surface area contributed by atoms with Crippen molar-refractivity contribution in [3.05, 3.63) is 45.4 Å². The number of halogens is 1. The van der Waals surface area contributed by atoms with E-state index in [-0.39, 0.29) is 0 Å². The Balaban J connectivity index is 2.13. The summed E-state index contributed by atoms with van der Waals surface area (Å²) in [6.07, 6.45) is 0. The van der Waals surface area contributed by atoms with Crippen LogP contribution in [0.3, 0.4) is 0 Å². The zero-order valence-corrected chi connectivity index (χ0v) is 14.1. The molecule has 0 aromatic carbocycles. The van der Waals surface area contributed by atoms with Crippen molar-refractivity contribution in [2.45, 2.75) is 33.9 Å². The largest absolute Gasteiger partial charge is 0.292 e. The molecule has 0 fully saturated rings. The first-order chi connectivity index (χ1) is 9.51. The third kappa shape index (κ3) is 3.46. The Hall–Kier alpha value is -1.20. The van der Waals surface area contributed by atoms with E-state index in [0.717, 1.165) is 41.2 Å². The van der Waals surface area contributed by atoms with Gasteiger partial charge in [0.25, 0.3) is 0 Å². The lowest BCUT2D eigenvalue weighted by Gasteiger charge is -2.20. The van der Waals surface area contributed by atoms with Gasteiger partial charge in [-0.05, 0) is 48.5 Å². The van der Waals surface area contributed by atoms with Crippen LogP contribution in [0.25, 0.3) is 0 Å². The summed E-state index contributed by atoms with van der Waals surface area (Å²) in [6, 6.07) is 6.18. The minimum Gasteiger partial charge on any atom is -0.292 e. The molecule has 20 heavy (non-hydrogen) atoms. The molecule has 0 spiro atoms. The van der Waals surface area contributed by atoms with Crippen LogP contribution in [0.2, 0.25) is 0 Å². The maximum atomic E-state index is 4.58. The second-order valence-corrected chi connectivity index (χ2v) is 5.84. The fraction of sp³-hybridized carbons (Fsp3) is 0.467. The van der Waals surface area contributed by atoms with Crippen LogP contribution in [-0.4, -0.2) is 26.2 Å². The molecule has 0 bridgehead atoms. The summed E-state index contributed by atoms with van der Waals surface area (Å²) in [5, 5.41) is 4.45. The van der Waals surface area contributed by atoms with Gasteiger partial charge in [0.1, 0.15) is 0 Å². The Kier molecular flexibility index (Phi) is 4.94. The van der Waals surface area contributed by atoms with Crippen LogP contribution in [-0.2, 0) is 20.1 Å². The van der Waals surface area contributed by atoms with Crippen LogP contribution < -0.4 is 0 Å². The van der Waals surface area contributed by atoms with Crippen LogP contribution in [0.15, 0.2) is 22.7 Å². The van der Waals surface area contributed by atoms with E-state index in [9.17, 15) is 0 Å². The van der Waals surface area contributed by atoms with Crippen LogP contribution in [0, 0.1) is 13.8 Å². The second-order valence-electron chi connectivity index (χ2n) is 5.04. The number of hydrogen-bond acceptors (Lipinski definition) is 3. The minimum absolute atomic E-state index is 0.856. The van der Waals surface area contributed by atoms with Crippen LogP contribution >= 0.6 is 15.9 Å². The third-order valence-electron chi connectivity index (χ3n) is 3.41. The van der Waals surface area contributed by atoms with Crippen molar-refractivity contribution in [1.29, 1.82) is 0 Å². The quantitative estimate of drug-likeness (QED) is 0.840. The second kappa shape index (κ2) is 6.50. The molecular weight excluding hydrogens is 316 g/mol. The summed E-state index contributed by atoms with van der Waals surface area (Å²) in [5.74, 6) is 0. The molecule has 5 heteroatoms. The van der Waals surface area contributed by atoms with E-state index in [0.29, 0.717) is 0 Å². The third-order valence-corrected chi connectivity index (χ3v) is 4.45. The number of hydrogen-bond donors (Lipinski definition) is 0. The molecule has 2 rings (SSSR count). The van der Waals surface area contributed by atoms with Gasteiger partial charge < -0.3 is 0 Å². The molecule has 0 saturated carbocycles. The fourth-order valence-electron chi connectivity index (χ4n) is 2.26. The van der Waals surface area contributed by atoms with Crippen LogP contribution in [0.5, 0.6) is 0 Å². The molecular formula is C15H21BrN4. The number of nitrogens with zero attached hydrogens (tertiary/aromatic N) is 4. The SMILES string of the molecule is CCN(Cc1cccc(C)n1)Cc1c(Br)c(C)nn1C. The highest BCUT2D eigenvalue weighted by Crippen LogP contribution is 2.22. The lowest BCUT2D eigenvalue weighted by atomic mass is 10.2. The molecule has 2 aromatic heterocycles. The molecule has 0 aliphatic carbocycles. The summed E-state index contributed by atoms with van der Waals surface area (Å²) < 4.78 is 3.06. The summed E-state index contributed by atoms with van der Waals surface area (Å²) in [7, 11) is 1.99.